The molecule has 0 amide bonds. The van der Waals surface area contributed by atoms with Crippen molar-refractivity contribution in [2.75, 3.05) is 6.61 Å². The monoisotopic (exact) mass is 502 g/mol. The number of rotatable bonds is 6. The Hall–Kier alpha value is -2.40. The Kier molecular flexibility index (Phi) is 6.06. The summed E-state index contributed by atoms with van der Waals surface area (Å²) in [5, 5.41) is 18.1. The Balaban J connectivity index is 1.69. The van der Waals surface area contributed by atoms with Crippen LogP contribution in [0.15, 0.2) is 30.6 Å². The van der Waals surface area contributed by atoms with E-state index in [-0.39, 0.29) is 33.6 Å². The number of halogens is 5. The van der Waals surface area contributed by atoms with Crippen LogP contribution in [0.1, 0.15) is 19.4 Å². The Morgan fingerprint density at radius 1 is 1.16 bits per heavy atom. The molecular weight excluding hydrogens is 488 g/mol. The van der Waals surface area contributed by atoms with Gasteiger partial charge in [-0.2, -0.15) is 0 Å². The molecule has 4 rings (SSSR count). The van der Waals surface area contributed by atoms with Gasteiger partial charge in [-0.05, 0) is 19.1 Å². The van der Waals surface area contributed by atoms with Crippen molar-refractivity contribution >= 4 is 40.2 Å². The molecule has 1 unspecified atom stereocenters. The zero-order chi connectivity index (χ0) is 23.2. The SMILES string of the molecule is CC(CO)Oc1cc(Cl)c(-c2nnc(-c3cn4cc(C(C)(F)F)cc(Cl)c4n3)s2)cc1F. The van der Waals surface area contributed by atoms with Crippen LogP contribution in [0.5, 0.6) is 5.75 Å². The number of hydrogen-bond acceptors (Lipinski definition) is 6. The number of aromatic nitrogens is 4. The third-order valence-corrected chi connectivity index (χ3v) is 6.06. The summed E-state index contributed by atoms with van der Waals surface area (Å²) in [6, 6.07) is 3.64. The van der Waals surface area contributed by atoms with Crippen LogP contribution in [0.2, 0.25) is 10.0 Å². The predicted octanol–water partition coefficient (Wildman–Crippen LogP) is 5.84. The highest BCUT2D eigenvalue weighted by Gasteiger charge is 2.26. The summed E-state index contributed by atoms with van der Waals surface area (Å²) in [6.07, 6.45) is 2.16. The first-order valence-corrected chi connectivity index (χ1v) is 10.8. The molecule has 1 atom stereocenters. The maximum Gasteiger partial charge on any atom is 0.271 e. The Morgan fingerprint density at radius 2 is 1.88 bits per heavy atom. The average Bonchev–Trinajstić information content (AvgIpc) is 3.37. The number of alkyl halides is 2. The van der Waals surface area contributed by atoms with Gasteiger partial charge in [0.2, 0.25) is 0 Å². The smallest absolute Gasteiger partial charge is 0.271 e. The van der Waals surface area contributed by atoms with E-state index < -0.39 is 17.8 Å². The van der Waals surface area contributed by atoms with Crippen molar-refractivity contribution in [1.82, 2.24) is 19.6 Å². The molecule has 0 bridgehead atoms. The molecule has 0 saturated heterocycles. The molecule has 0 fully saturated rings. The van der Waals surface area contributed by atoms with Crippen LogP contribution in [0.25, 0.3) is 26.9 Å². The number of pyridine rings is 1. The van der Waals surface area contributed by atoms with E-state index in [1.165, 1.54) is 35.0 Å². The van der Waals surface area contributed by atoms with Crippen LogP contribution in [0.3, 0.4) is 0 Å². The predicted molar refractivity (Wildman–Crippen MR) is 116 cm³/mol. The van der Waals surface area contributed by atoms with E-state index in [0.29, 0.717) is 21.3 Å². The van der Waals surface area contributed by atoms with Crippen molar-refractivity contribution < 1.29 is 23.0 Å². The van der Waals surface area contributed by atoms with Crippen LogP contribution >= 0.6 is 34.5 Å². The Morgan fingerprint density at radius 3 is 2.56 bits per heavy atom. The quantitative estimate of drug-likeness (QED) is 0.358. The lowest BCUT2D eigenvalue weighted by atomic mass is 10.2. The number of imidazole rings is 1. The largest absolute Gasteiger partial charge is 0.485 e. The van der Waals surface area contributed by atoms with Crippen molar-refractivity contribution in [2.24, 2.45) is 0 Å². The highest BCUT2D eigenvalue weighted by molar-refractivity contribution is 7.18. The molecule has 3 heterocycles. The summed E-state index contributed by atoms with van der Waals surface area (Å²) < 4.78 is 48.5. The number of ether oxygens (including phenoxy) is 1. The highest BCUT2D eigenvalue weighted by Crippen LogP contribution is 2.38. The molecule has 4 aromatic rings. The lowest BCUT2D eigenvalue weighted by molar-refractivity contribution is 0.0170. The first-order valence-electron chi connectivity index (χ1n) is 9.24. The lowest BCUT2D eigenvalue weighted by Gasteiger charge is -2.13. The van der Waals surface area contributed by atoms with Gasteiger partial charge in [0.1, 0.15) is 16.8 Å². The van der Waals surface area contributed by atoms with Gasteiger partial charge in [0.05, 0.1) is 16.7 Å². The molecule has 3 aromatic heterocycles. The maximum atomic E-state index is 14.5. The molecular formula is C20H15Cl2F3N4O2S. The number of nitrogens with zero attached hydrogens (tertiary/aromatic N) is 4. The van der Waals surface area contributed by atoms with E-state index >= 15 is 0 Å². The maximum absolute atomic E-state index is 14.5. The van der Waals surface area contributed by atoms with Crippen molar-refractivity contribution in [2.45, 2.75) is 25.9 Å². The Bertz CT molecular complexity index is 1310. The van der Waals surface area contributed by atoms with Gasteiger partial charge in [0, 0.05) is 36.5 Å². The molecule has 0 aliphatic heterocycles. The summed E-state index contributed by atoms with van der Waals surface area (Å²) in [4.78, 5) is 4.35. The summed E-state index contributed by atoms with van der Waals surface area (Å²) in [5.41, 5.74) is 0.694. The van der Waals surface area contributed by atoms with Crippen molar-refractivity contribution in [3.8, 4) is 27.0 Å². The van der Waals surface area contributed by atoms with Crippen LogP contribution in [0.4, 0.5) is 13.2 Å². The van der Waals surface area contributed by atoms with E-state index in [4.69, 9.17) is 33.0 Å². The number of aliphatic hydroxyl groups is 1. The third-order valence-electron chi connectivity index (χ3n) is 4.49. The topological polar surface area (TPSA) is 72.5 Å². The Labute approximate surface area is 194 Å². The van der Waals surface area contributed by atoms with Crippen molar-refractivity contribution in [1.29, 1.82) is 0 Å². The van der Waals surface area contributed by atoms with Gasteiger partial charge in [0.25, 0.3) is 5.92 Å². The number of fused-ring (bicyclic) bond motifs is 1. The van der Waals surface area contributed by atoms with Crippen LogP contribution in [-0.2, 0) is 5.92 Å². The second kappa shape index (κ2) is 8.51. The first kappa shape index (κ1) is 22.8. The van der Waals surface area contributed by atoms with Crippen LogP contribution in [0, 0.1) is 5.82 Å². The molecule has 0 aliphatic carbocycles. The fourth-order valence-electron chi connectivity index (χ4n) is 2.87. The van der Waals surface area contributed by atoms with Crippen molar-refractivity contribution in [3.63, 3.8) is 0 Å². The van der Waals surface area contributed by atoms with Gasteiger partial charge in [-0.3, -0.25) is 0 Å². The molecule has 12 heteroatoms. The minimum absolute atomic E-state index is 0.0674. The van der Waals surface area contributed by atoms with Gasteiger partial charge < -0.3 is 14.2 Å². The van der Waals surface area contributed by atoms with Gasteiger partial charge >= 0.3 is 0 Å². The molecule has 0 saturated carbocycles. The molecule has 168 valence electrons. The highest BCUT2D eigenvalue weighted by atomic mass is 35.5. The molecule has 1 N–H and O–H groups in total. The van der Waals surface area contributed by atoms with E-state index in [2.05, 4.69) is 15.2 Å². The minimum atomic E-state index is -3.07. The van der Waals surface area contributed by atoms with E-state index in [9.17, 15) is 13.2 Å². The zero-order valence-electron chi connectivity index (χ0n) is 16.6. The van der Waals surface area contributed by atoms with E-state index in [1.807, 2.05) is 0 Å². The van der Waals surface area contributed by atoms with E-state index in [0.717, 1.165) is 18.3 Å². The fourth-order valence-corrected chi connectivity index (χ4v) is 4.26. The molecule has 0 spiro atoms. The van der Waals surface area contributed by atoms with Gasteiger partial charge in [-0.15, -0.1) is 10.2 Å². The molecule has 0 aliphatic rings. The van der Waals surface area contributed by atoms with Gasteiger partial charge in [-0.1, -0.05) is 34.5 Å². The summed E-state index contributed by atoms with van der Waals surface area (Å²) in [5.74, 6) is -3.83. The molecule has 6 nitrogen and oxygen atoms in total. The number of hydrogen-bond donors (Lipinski definition) is 1. The lowest BCUT2D eigenvalue weighted by Crippen LogP contribution is -2.16. The number of benzene rings is 1. The normalized spacial score (nSPS) is 13.0. The molecule has 32 heavy (non-hydrogen) atoms. The van der Waals surface area contributed by atoms with E-state index in [1.54, 1.807) is 6.92 Å². The third kappa shape index (κ3) is 4.40. The van der Waals surface area contributed by atoms with Gasteiger partial charge in [-0.25, -0.2) is 18.2 Å². The zero-order valence-corrected chi connectivity index (χ0v) is 18.9. The first-order chi connectivity index (χ1) is 15.1. The minimum Gasteiger partial charge on any atom is -0.485 e. The van der Waals surface area contributed by atoms with Crippen molar-refractivity contribution in [3.05, 3.63) is 52.0 Å². The summed E-state index contributed by atoms with van der Waals surface area (Å²) in [7, 11) is 0. The second-order valence-corrected chi connectivity index (χ2v) is 8.90. The van der Waals surface area contributed by atoms with Gasteiger partial charge in [0.15, 0.2) is 22.2 Å². The fraction of sp³-hybridized carbons (Fsp3) is 0.250. The molecule has 0 radical (unpaired) electrons. The average molecular weight is 503 g/mol. The summed E-state index contributed by atoms with van der Waals surface area (Å²) >= 11 is 13.5. The summed E-state index contributed by atoms with van der Waals surface area (Å²) in [6.45, 7) is 2.09. The second-order valence-electron chi connectivity index (χ2n) is 7.11. The van der Waals surface area contributed by atoms with Crippen LogP contribution in [-0.4, -0.2) is 37.4 Å². The molecule has 1 aromatic carbocycles. The number of aliphatic hydroxyl groups excluding tert-OH is 1. The standard InChI is InChI=1S/C20H15Cl2F3N4O2S/c1-9(8-30)31-16-5-12(21)11(4-14(16)23)18-27-28-19(32-18)15-7-29-6-10(20(2,24)25)3-13(22)17(29)26-15/h3-7,9,30H,8H2,1-2H3. The van der Waals surface area contributed by atoms with Crippen LogP contribution < -0.4 is 4.74 Å².